The maximum atomic E-state index is 9.13. The van der Waals surface area contributed by atoms with Gasteiger partial charge >= 0.3 is 0 Å². The number of aliphatic hydroxyl groups excluding tert-OH is 1. The zero-order chi connectivity index (χ0) is 10.7. The average molecular weight is 207 g/mol. The minimum Gasteiger partial charge on any atom is -0.391 e. The Morgan fingerprint density at radius 2 is 2.33 bits per heavy atom. The van der Waals surface area contributed by atoms with Crippen LogP contribution in [0.4, 0.5) is 5.69 Å². The Bertz CT molecular complexity index is 325. The van der Waals surface area contributed by atoms with Crippen LogP contribution < -0.4 is 5.32 Å². The summed E-state index contributed by atoms with van der Waals surface area (Å²) in [6.07, 6.45) is 0.715. The summed E-state index contributed by atoms with van der Waals surface area (Å²) in [4.78, 5) is 0. The number of anilines is 1. The molecule has 0 fully saturated rings. The van der Waals surface area contributed by atoms with E-state index in [4.69, 9.17) is 9.84 Å². The Kier molecular flexibility index (Phi) is 3.23. The fraction of sp³-hybridized carbons (Fsp3) is 0.500. The van der Waals surface area contributed by atoms with E-state index in [1.807, 2.05) is 12.1 Å². The van der Waals surface area contributed by atoms with Crippen LogP contribution in [0.1, 0.15) is 12.5 Å². The molecule has 0 spiro atoms. The number of hydrogen-bond acceptors (Lipinski definition) is 3. The quantitative estimate of drug-likeness (QED) is 0.787. The van der Waals surface area contributed by atoms with Crippen LogP contribution in [0.15, 0.2) is 24.3 Å². The van der Waals surface area contributed by atoms with Crippen LogP contribution in [0.5, 0.6) is 0 Å². The molecule has 2 unspecified atom stereocenters. The van der Waals surface area contributed by atoms with E-state index in [2.05, 4.69) is 17.4 Å². The Morgan fingerprint density at radius 3 is 3.13 bits per heavy atom. The average Bonchev–Trinajstić information content (AvgIpc) is 2.26. The molecule has 0 bridgehead atoms. The minimum absolute atomic E-state index is 0.175. The summed E-state index contributed by atoms with van der Waals surface area (Å²) in [5, 5.41) is 12.5. The van der Waals surface area contributed by atoms with Gasteiger partial charge in [-0.25, -0.2) is 0 Å². The van der Waals surface area contributed by atoms with E-state index in [9.17, 15) is 0 Å². The summed E-state index contributed by atoms with van der Waals surface area (Å²) in [6, 6.07) is 8.26. The second kappa shape index (κ2) is 4.64. The molecule has 1 heterocycles. The van der Waals surface area contributed by atoms with Crippen LogP contribution in [-0.4, -0.2) is 30.5 Å². The van der Waals surface area contributed by atoms with Crippen molar-refractivity contribution in [2.75, 3.05) is 18.5 Å². The van der Waals surface area contributed by atoms with E-state index in [0.29, 0.717) is 6.61 Å². The number of para-hydroxylation sites is 1. The summed E-state index contributed by atoms with van der Waals surface area (Å²) < 4.78 is 5.59. The monoisotopic (exact) mass is 207 g/mol. The van der Waals surface area contributed by atoms with Gasteiger partial charge in [0.15, 0.2) is 0 Å². The van der Waals surface area contributed by atoms with Gasteiger partial charge in [-0.2, -0.15) is 0 Å². The molecule has 1 aromatic carbocycles. The highest BCUT2D eigenvalue weighted by Gasteiger charge is 2.18. The Labute approximate surface area is 90.1 Å². The number of nitrogens with one attached hydrogen (secondary N) is 1. The largest absolute Gasteiger partial charge is 0.391 e. The molecule has 0 saturated heterocycles. The van der Waals surface area contributed by atoms with Gasteiger partial charge in [-0.3, -0.25) is 0 Å². The molecule has 2 atom stereocenters. The molecule has 0 amide bonds. The third-order valence-electron chi connectivity index (χ3n) is 2.56. The fourth-order valence-electron chi connectivity index (χ4n) is 1.81. The smallest absolute Gasteiger partial charge is 0.0789 e. The molecule has 3 nitrogen and oxygen atoms in total. The zero-order valence-corrected chi connectivity index (χ0v) is 8.94. The summed E-state index contributed by atoms with van der Waals surface area (Å²) in [5.74, 6) is 0. The Morgan fingerprint density at radius 1 is 1.53 bits per heavy atom. The molecule has 0 aromatic heterocycles. The lowest BCUT2D eigenvalue weighted by atomic mass is 10.0. The van der Waals surface area contributed by atoms with E-state index < -0.39 is 0 Å². The normalized spacial score (nSPS) is 21.6. The molecule has 2 N–H and O–H groups in total. The van der Waals surface area contributed by atoms with Crippen molar-refractivity contribution in [3.05, 3.63) is 29.8 Å². The third-order valence-corrected chi connectivity index (χ3v) is 2.56. The van der Waals surface area contributed by atoms with Gasteiger partial charge < -0.3 is 15.2 Å². The van der Waals surface area contributed by atoms with Crippen molar-refractivity contribution in [2.45, 2.75) is 25.6 Å². The molecule has 1 aliphatic heterocycles. The van der Waals surface area contributed by atoms with E-state index >= 15 is 0 Å². The fourth-order valence-corrected chi connectivity index (χ4v) is 1.81. The van der Waals surface area contributed by atoms with Gasteiger partial charge in [-0.1, -0.05) is 18.2 Å². The third kappa shape index (κ3) is 2.70. The first kappa shape index (κ1) is 10.5. The predicted molar refractivity (Wildman–Crippen MR) is 60.1 cm³/mol. The summed E-state index contributed by atoms with van der Waals surface area (Å²) in [6.45, 7) is 2.97. The topological polar surface area (TPSA) is 41.5 Å². The molecule has 0 saturated carbocycles. The first-order valence-electron chi connectivity index (χ1n) is 5.37. The van der Waals surface area contributed by atoms with E-state index in [-0.39, 0.29) is 12.2 Å². The number of rotatable bonds is 3. The Balaban J connectivity index is 1.94. The van der Waals surface area contributed by atoms with Gasteiger partial charge in [0.1, 0.15) is 0 Å². The first-order valence-corrected chi connectivity index (χ1v) is 5.37. The van der Waals surface area contributed by atoms with E-state index in [0.717, 1.165) is 13.0 Å². The summed E-state index contributed by atoms with van der Waals surface area (Å²) in [5.41, 5.74) is 2.49. The van der Waals surface area contributed by atoms with Crippen molar-refractivity contribution < 1.29 is 9.84 Å². The summed E-state index contributed by atoms with van der Waals surface area (Å²) in [7, 11) is 0. The van der Waals surface area contributed by atoms with Crippen LogP contribution in [0.2, 0.25) is 0 Å². The molecule has 0 aliphatic carbocycles. The molecular weight excluding hydrogens is 190 g/mol. The predicted octanol–water partition coefficient (Wildman–Crippen LogP) is 1.42. The van der Waals surface area contributed by atoms with E-state index in [1.54, 1.807) is 6.92 Å². The van der Waals surface area contributed by atoms with Gasteiger partial charge in [0, 0.05) is 18.7 Å². The molecule has 82 valence electrons. The minimum atomic E-state index is -0.387. The van der Waals surface area contributed by atoms with Crippen molar-refractivity contribution in [3.63, 3.8) is 0 Å². The van der Waals surface area contributed by atoms with Gasteiger partial charge in [-0.05, 0) is 18.6 Å². The zero-order valence-electron chi connectivity index (χ0n) is 8.94. The molecule has 0 radical (unpaired) electrons. The molecule has 1 aromatic rings. The van der Waals surface area contributed by atoms with Gasteiger partial charge in [0.25, 0.3) is 0 Å². The molecular formula is C12H17NO2. The number of benzene rings is 1. The maximum Gasteiger partial charge on any atom is 0.0789 e. The van der Waals surface area contributed by atoms with Crippen LogP contribution in [0, 0.1) is 0 Å². The number of ether oxygens (including phenoxy) is 1. The van der Waals surface area contributed by atoms with Crippen molar-refractivity contribution in [1.82, 2.24) is 0 Å². The van der Waals surface area contributed by atoms with Crippen LogP contribution in [0.25, 0.3) is 0 Å². The van der Waals surface area contributed by atoms with Gasteiger partial charge in [0.05, 0.1) is 18.8 Å². The van der Waals surface area contributed by atoms with Crippen LogP contribution in [-0.2, 0) is 11.2 Å². The Hall–Kier alpha value is -1.06. The number of fused-ring (bicyclic) bond motifs is 1. The number of aliphatic hydroxyl groups is 1. The SMILES string of the molecule is CC(O)COC1CNc2ccccc2C1. The first-order chi connectivity index (χ1) is 7.25. The van der Waals surface area contributed by atoms with E-state index in [1.165, 1.54) is 11.3 Å². The van der Waals surface area contributed by atoms with Gasteiger partial charge in [-0.15, -0.1) is 0 Å². The number of hydrogen-bond donors (Lipinski definition) is 2. The van der Waals surface area contributed by atoms with Crippen molar-refractivity contribution >= 4 is 5.69 Å². The van der Waals surface area contributed by atoms with Crippen LogP contribution in [0.3, 0.4) is 0 Å². The standard InChI is InChI=1S/C12H17NO2/c1-9(14)8-15-11-6-10-4-2-3-5-12(10)13-7-11/h2-5,9,11,13-14H,6-8H2,1H3. The van der Waals surface area contributed by atoms with Gasteiger partial charge in [0.2, 0.25) is 0 Å². The highest BCUT2D eigenvalue weighted by Crippen LogP contribution is 2.22. The lowest BCUT2D eigenvalue weighted by Gasteiger charge is -2.26. The van der Waals surface area contributed by atoms with Crippen molar-refractivity contribution in [2.24, 2.45) is 0 Å². The highest BCUT2D eigenvalue weighted by molar-refractivity contribution is 5.53. The lowest BCUT2D eigenvalue weighted by Crippen LogP contribution is -2.32. The molecule has 15 heavy (non-hydrogen) atoms. The maximum absolute atomic E-state index is 9.13. The van der Waals surface area contributed by atoms with Crippen molar-refractivity contribution in [1.29, 1.82) is 0 Å². The molecule has 2 rings (SSSR count). The second-order valence-electron chi connectivity index (χ2n) is 4.05. The molecule has 3 heteroatoms. The second-order valence-corrected chi connectivity index (χ2v) is 4.05. The lowest BCUT2D eigenvalue weighted by molar-refractivity contribution is 0.00224. The molecule has 1 aliphatic rings. The highest BCUT2D eigenvalue weighted by atomic mass is 16.5. The van der Waals surface area contributed by atoms with Crippen molar-refractivity contribution in [3.8, 4) is 0 Å². The van der Waals surface area contributed by atoms with Crippen LogP contribution >= 0.6 is 0 Å². The summed E-state index contributed by atoms with van der Waals surface area (Å²) >= 11 is 0.